The van der Waals surface area contributed by atoms with E-state index in [-0.39, 0.29) is 28.6 Å². The maximum Gasteiger partial charge on any atom is 0.341 e. The highest BCUT2D eigenvalue weighted by Crippen LogP contribution is 2.46. The zero-order valence-corrected chi connectivity index (χ0v) is 16.5. The molecule has 0 amide bonds. The van der Waals surface area contributed by atoms with Crippen LogP contribution in [0.3, 0.4) is 0 Å². The van der Waals surface area contributed by atoms with E-state index in [4.69, 9.17) is 10.5 Å². The molecule has 2 heterocycles. The van der Waals surface area contributed by atoms with Gasteiger partial charge in [0.05, 0.1) is 23.7 Å². The molecule has 8 nitrogen and oxygen atoms in total. The molecule has 156 valence electrons. The number of fused-ring (bicyclic) bond motifs is 1. The fourth-order valence-corrected chi connectivity index (χ4v) is 4.32. The lowest BCUT2D eigenvalue weighted by molar-refractivity contribution is 0.0695. The van der Waals surface area contributed by atoms with Gasteiger partial charge in [-0.3, -0.25) is 4.79 Å². The first-order valence-electron chi connectivity index (χ1n) is 9.75. The van der Waals surface area contributed by atoms with Gasteiger partial charge >= 0.3 is 5.97 Å². The number of hydrogen-bond acceptors (Lipinski definition) is 6. The van der Waals surface area contributed by atoms with Gasteiger partial charge in [0.25, 0.3) is 0 Å². The minimum Gasteiger partial charge on any atom is -0.492 e. The molecule has 2 fully saturated rings. The molecule has 4 N–H and O–H groups in total. The van der Waals surface area contributed by atoms with Crippen LogP contribution in [0.2, 0.25) is 0 Å². The largest absolute Gasteiger partial charge is 0.492 e. The van der Waals surface area contributed by atoms with Gasteiger partial charge in [-0.1, -0.05) is 0 Å². The third kappa shape index (κ3) is 3.09. The van der Waals surface area contributed by atoms with Crippen LogP contribution in [0, 0.1) is 11.7 Å². The Morgan fingerprint density at radius 3 is 2.72 bits per heavy atom. The fourth-order valence-electron chi connectivity index (χ4n) is 4.32. The Bertz CT molecular complexity index is 1050. The summed E-state index contributed by atoms with van der Waals surface area (Å²) in [6, 6.07) is 0.0402. The maximum atomic E-state index is 15.4. The number of methoxy groups -OCH3 is 1. The Hall–Kier alpha value is -2.81. The van der Waals surface area contributed by atoms with Crippen molar-refractivity contribution in [3.8, 4) is 5.75 Å². The van der Waals surface area contributed by atoms with E-state index in [0.29, 0.717) is 24.5 Å². The summed E-state index contributed by atoms with van der Waals surface area (Å²) in [6.45, 7) is 2.10. The summed E-state index contributed by atoms with van der Waals surface area (Å²) in [7, 11) is 3.31. The van der Waals surface area contributed by atoms with Crippen LogP contribution in [0.15, 0.2) is 11.0 Å². The van der Waals surface area contributed by atoms with Crippen molar-refractivity contribution < 1.29 is 19.0 Å². The van der Waals surface area contributed by atoms with Crippen LogP contribution in [-0.4, -0.2) is 49.4 Å². The topological polar surface area (TPSA) is 110 Å². The van der Waals surface area contributed by atoms with Crippen molar-refractivity contribution in [1.82, 2.24) is 9.88 Å². The van der Waals surface area contributed by atoms with Crippen LogP contribution in [-0.2, 0) is 0 Å². The summed E-state index contributed by atoms with van der Waals surface area (Å²) in [6.07, 6.45) is 3.93. The van der Waals surface area contributed by atoms with E-state index in [1.807, 2.05) is 11.9 Å². The number of halogens is 1. The lowest BCUT2D eigenvalue weighted by Gasteiger charge is -2.26. The third-order valence-electron chi connectivity index (χ3n) is 5.85. The predicted octanol–water partition coefficient (Wildman–Crippen LogP) is 1.81. The fraction of sp³-hybridized carbons (Fsp3) is 0.500. The lowest BCUT2D eigenvalue weighted by Crippen LogP contribution is -2.27. The minimum atomic E-state index is -1.36. The number of aromatic nitrogens is 1. The van der Waals surface area contributed by atoms with E-state index in [0.717, 1.165) is 25.8 Å². The van der Waals surface area contributed by atoms with Gasteiger partial charge < -0.3 is 30.4 Å². The number of nitrogen functional groups attached to an aromatic ring is 1. The molecule has 2 aromatic rings. The Morgan fingerprint density at radius 1 is 1.41 bits per heavy atom. The Labute approximate surface area is 167 Å². The Balaban J connectivity index is 2.01. The number of hydrogen-bond donors (Lipinski definition) is 3. The number of rotatable bonds is 6. The highest BCUT2D eigenvalue weighted by atomic mass is 19.1. The van der Waals surface area contributed by atoms with Crippen LogP contribution in [0.1, 0.15) is 35.7 Å². The SMILES string of the molecule is CNCC1CCN(c2c(F)c(N)c3c(=O)c(C(=O)O)cn(C4CC4)c3c2OC)C1. The number of carbonyl (C=O) groups is 1. The summed E-state index contributed by atoms with van der Waals surface area (Å²) in [4.78, 5) is 26.4. The van der Waals surface area contributed by atoms with Crippen molar-refractivity contribution in [2.75, 3.05) is 44.4 Å². The van der Waals surface area contributed by atoms with E-state index >= 15 is 4.39 Å². The maximum absolute atomic E-state index is 15.4. The molecular weight excluding hydrogens is 379 g/mol. The van der Waals surface area contributed by atoms with Crippen molar-refractivity contribution in [2.24, 2.45) is 5.92 Å². The quantitative estimate of drug-likeness (QED) is 0.630. The van der Waals surface area contributed by atoms with E-state index in [2.05, 4.69) is 5.32 Å². The summed E-state index contributed by atoms with van der Waals surface area (Å²) in [5.41, 5.74) is 5.17. The zero-order chi connectivity index (χ0) is 20.9. The second kappa shape index (κ2) is 7.22. The standard InChI is InChI=1S/C20H25FN4O4/c1-23-7-10-5-6-24(8-10)17-14(21)15(22)13-16(19(17)29-2)25(11-3-4-11)9-12(18(13)26)20(27)28/h9-11,23H,3-8,22H2,1-2H3,(H,27,28). The Morgan fingerprint density at radius 2 is 2.14 bits per heavy atom. The number of benzene rings is 1. The molecule has 29 heavy (non-hydrogen) atoms. The van der Waals surface area contributed by atoms with E-state index < -0.39 is 22.8 Å². The predicted molar refractivity (Wildman–Crippen MR) is 109 cm³/mol. The second-order valence-corrected chi connectivity index (χ2v) is 7.81. The van der Waals surface area contributed by atoms with Crippen molar-refractivity contribution in [2.45, 2.75) is 25.3 Å². The van der Waals surface area contributed by atoms with Crippen LogP contribution in [0.5, 0.6) is 5.75 Å². The zero-order valence-electron chi connectivity index (χ0n) is 16.5. The summed E-state index contributed by atoms with van der Waals surface area (Å²) in [5.74, 6) is -1.50. The molecule has 0 spiro atoms. The van der Waals surface area contributed by atoms with Gasteiger partial charge in [0, 0.05) is 25.3 Å². The molecule has 4 rings (SSSR count). The van der Waals surface area contributed by atoms with Gasteiger partial charge in [-0.2, -0.15) is 0 Å². The van der Waals surface area contributed by atoms with Gasteiger partial charge in [-0.25, -0.2) is 9.18 Å². The molecular formula is C20H25FN4O4. The first-order chi connectivity index (χ1) is 13.9. The van der Waals surface area contributed by atoms with Crippen molar-refractivity contribution in [1.29, 1.82) is 0 Å². The summed E-state index contributed by atoms with van der Waals surface area (Å²) >= 11 is 0. The number of nitrogens with two attached hydrogens (primary N) is 1. The van der Waals surface area contributed by atoms with Gasteiger partial charge in [-0.05, 0) is 38.8 Å². The number of nitrogens with one attached hydrogen (secondary N) is 1. The van der Waals surface area contributed by atoms with E-state index in [1.165, 1.54) is 13.3 Å². The normalized spacial score (nSPS) is 19.1. The first-order valence-corrected chi connectivity index (χ1v) is 9.75. The van der Waals surface area contributed by atoms with Crippen LogP contribution in [0.25, 0.3) is 10.9 Å². The van der Waals surface area contributed by atoms with Crippen molar-refractivity contribution in [3.05, 3.63) is 27.8 Å². The molecule has 1 aromatic heterocycles. The molecule has 1 unspecified atom stereocenters. The molecule has 2 aliphatic rings. The number of nitrogens with zero attached hydrogens (tertiary/aromatic N) is 2. The molecule has 1 aromatic carbocycles. The molecule has 0 bridgehead atoms. The van der Waals surface area contributed by atoms with Gasteiger partial charge in [0.2, 0.25) is 5.43 Å². The number of carboxylic acids is 1. The monoisotopic (exact) mass is 404 g/mol. The molecule has 0 radical (unpaired) electrons. The van der Waals surface area contributed by atoms with Crippen LogP contribution < -0.4 is 26.1 Å². The highest BCUT2D eigenvalue weighted by molar-refractivity contribution is 6.03. The second-order valence-electron chi connectivity index (χ2n) is 7.81. The number of pyridine rings is 1. The smallest absolute Gasteiger partial charge is 0.341 e. The number of ether oxygens (including phenoxy) is 1. The van der Waals surface area contributed by atoms with Gasteiger partial charge in [-0.15, -0.1) is 0 Å². The lowest BCUT2D eigenvalue weighted by atomic mass is 10.1. The summed E-state index contributed by atoms with van der Waals surface area (Å²) < 4.78 is 22.8. The molecule has 1 atom stereocenters. The average molecular weight is 404 g/mol. The number of anilines is 2. The molecule has 1 saturated carbocycles. The van der Waals surface area contributed by atoms with E-state index in [1.54, 1.807) is 4.57 Å². The third-order valence-corrected chi connectivity index (χ3v) is 5.85. The van der Waals surface area contributed by atoms with Gasteiger partial charge in [0.15, 0.2) is 11.6 Å². The van der Waals surface area contributed by atoms with Crippen LogP contribution >= 0.6 is 0 Å². The van der Waals surface area contributed by atoms with Gasteiger partial charge in [0.1, 0.15) is 11.3 Å². The molecule has 1 aliphatic carbocycles. The molecule has 1 saturated heterocycles. The molecule has 1 aliphatic heterocycles. The highest BCUT2D eigenvalue weighted by Gasteiger charge is 2.34. The summed E-state index contributed by atoms with van der Waals surface area (Å²) in [5, 5.41) is 12.5. The van der Waals surface area contributed by atoms with Crippen molar-refractivity contribution in [3.63, 3.8) is 0 Å². The molecule has 9 heteroatoms. The van der Waals surface area contributed by atoms with Crippen molar-refractivity contribution >= 4 is 28.2 Å². The minimum absolute atomic E-state index is 0.0402. The van der Waals surface area contributed by atoms with Crippen LogP contribution in [0.4, 0.5) is 15.8 Å². The number of carboxylic acid groups (broad SMARTS) is 1. The average Bonchev–Trinajstić information content (AvgIpc) is 3.43. The van der Waals surface area contributed by atoms with E-state index in [9.17, 15) is 14.7 Å². The Kier molecular flexibility index (Phi) is 4.85. The number of aromatic carboxylic acids is 1. The first kappa shape index (κ1) is 19.5.